The number of phenolic OH excluding ortho intramolecular Hbond substituents is 1. The van der Waals surface area contributed by atoms with Gasteiger partial charge in [0.2, 0.25) is 5.91 Å². The molecule has 0 spiro atoms. The molecule has 302 valence electrons. The molecule has 2 aliphatic carbocycles. The third kappa shape index (κ3) is 11.0. The van der Waals surface area contributed by atoms with Crippen LogP contribution in [0.15, 0.2) is 91.0 Å². The van der Waals surface area contributed by atoms with Crippen molar-refractivity contribution in [2.45, 2.75) is 87.4 Å². The van der Waals surface area contributed by atoms with Gasteiger partial charge in [0.25, 0.3) is 5.91 Å². The molecule has 4 atom stereocenters. The Morgan fingerprint density at radius 1 is 0.741 bits per heavy atom. The zero-order valence-electron chi connectivity index (χ0n) is 30.9. The number of aliphatic hydroxyl groups is 2. The lowest BCUT2D eigenvalue weighted by Gasteiger charge is -2.49. The number of phenols is 1. The fourth-order valence-corrected chi connectivity index (χ4v) is 8.02. The van der Waals surface area contributed by atoms with E-state index in [2.05, 4.69) is 28.4 Å². The van der Waals surface area contributed by atoms with E-state index in [1.54, 1.807) is 48.5 Å². The van der Waals surface area contributed by atoms with E-state index >= 15 is 0 Å². The Hall–Kier alpha value is -4.88. The number of alkyl halides is 3. The van der Waals surface area contributed by atoms with E-state index in [0.717, 1.165) is 16.1 Å². The second-order valence-corrected chi connectivity index (χ2v) is 15.8. The Kier molecular flexibility index (Phi) is 13.2. The Labute approximate surface area is 349 Å². The summed E-state index contributed by atoms with van der Waals surface area (Å²) in [6.07, 6.45) is -4.40. The van der Waals surface area contributed by atoms with Gasteiger partial charge < -0.3 is 20.1 Å². The van der Waals surface area contributed by atoms with Crippen molar-refractivity contribution in [3.63, 3.8) is 0 Å². The topological polar surface area (TPSA) is 111 Å². The van der Waals surface area contributed by atoms with Crippen LogP contribution in [0.1, 0.15) is 78.4 Å². The Morgan fingerprint density at radius 3 is 1.83 bits per heavy atom. The lowest BCUT2D eigenvalue weighted by Crippen LogP contribution is -2.62. The van der Waals surface area contributed by atoms with Crippen LogP contribution in [0.3, 0.4) is 0 Å². The van der Waals surface area contributed by atoms with Crippen LogP contribution in [0.2, 0.25) is 15.1 Å². The molecule has 14 heteroatoms. The predicted molar refractivity (Wildman–Crippen MR) is 214 cm³/mol. The largest absolute Gasteiger partial charge is 0.573 e. The van der Waals surface area contributed by atoms with Gasteiger partial charge in [0.15, 0.2) is 0 Å². The van der Waals surface area contributed by atoms with Gasteiger partial charge in [-0.05, 0) is 99.2 Å². The monoisotopic (exact) mass is 852 g/mol. The highest BCUT2D eigenvalue weighted by atomic mass is 35.5. The number of amides is 2. The van der Waals surface area contributed by atoms with Crippen molar-refractivity contribution in [1.29, 1.82) is 0 Å². The molecule has 4 aromatic rings. The molecule has 2 fully saturated rings. The number of benzene rings is 4. The number of carbonyl (C=O) groups is 2. The van der Waals surface area contributed by atoms with Crippen LogP contribution < -0.4 is 4.74 Å². The molecule has 6 rings (SSSR count). The summed E-state index contributed by atoms with van der Waals surface area (Å²) in [5.74, 6) is 9.04. The minimum atomic E-state index is -5.06. The zero-order valence-corrected chi connectivity index (χ0v) is 33.2. The number of nitrogens with zero attached hydrogens (tertiary/aromatic N) is 2. The fraction of sp³-hybridized carbons (Fsp3) is 0.318. The summed E-state index contributed by atoms with van der Waals surface area (Å²) in [5, 5.41) is 38.2. The SMILES string of the molecule is O=C(Cc1ccccc1OC(F)(F)F)N([C@H]1CCC[C@@](O)(C#Cc2cccc(Cl)c2)C1)N(C(=O)c1cc(Cl)ccc1O)[C@H]1CCC[C@@](O)(C#Cc2cccc(Cl)c2)C1. The molecule has 0 bridgehead atoms. The maximum Gasteiger partial charge on any atom is 0.573 e. The summed E-state index contributed by atoms with van der Waals surface area (Å²) >= 11 is 18.6. The highest BCUT2D eigenvalue weighted by molar-refractivity contribution is 6.31. The van der Waals surface area contributed by atoms with Crippen LogP contribution in [-0.4, -0.2) is 66.8 Å². The van der Waals surface area contributed by atoms with Crippen molar-refractivity contribution in [3.8, 4) is 35.2 Å². The molecule has 3 N–H and O–H groups in total. The lowest BCUT2D eigenvalue weighted by atomic mass is 9.80. The van der Waals surface area contributed by atoms with Crippen LogP contribution in [-0.2, 0) is 11.2 Å². The van der Waals surface area contributed by atoms with Crippen LogP contribution >= 0.6 is 34.8 Å². The minimum absolute atomic E-state index is 0.105. The van der Waals surface area contributed by atoms with Crippen molar-refractivity contribution in [2.24, 2.45) is 0 Å². The molecule has 2 saturated carbocycles. The molecule has 2 amide bonds. The fourth-order valence-electron chi connectivity index (χ4n) is 7.46. The Morgan fingerprint density at radius 2 is 1.28 bits per heavy atom. The predicted octanol–water partition coefficient (Wildman–Crippen LogP) is 9.13. The number of aromatic hydroxyl groups is 1. The third-order valence-corrected chi connectivity index (χ3v) is 10.8. The Balaban J connectivity index is 1.46. The smallest absolute Gasteiger partial charge is 0.507 e. The number of rotatable bonds is 6. The van der Waals surface area contributed by atoms with Crippen molar-refractivity contribution in [3.05, 3.63) is 128 Å². The summed E-state index contributed by atoms with van der Waals surface area (Å²) in [4.78, 5) is 29.9. The summed E-state index contributed by atoms with van der Waals surface area (Å²) < 4.78 is 44.8. The van der Waals surface area contributed by atoms with E-state index in [1.807, 2.05) is 0 Å². The average Bonchev–Trinajstić information content (AvgIpc) is 3.16. The van der Waals surface area contributed by atoms with E-state index in [4.69, 9.17) is 34.8 Å². The second kappa shape index (κ2) is 17.9. The molecule has 8 nitrogen and oxygen atoms in total. The van der Waals surface area contributed by atoms with Crippen molar-refractivity contribution < 1.29 is 42.8 Å². The zero-order chi connectivity index (χ0) is 41.7. The first-order valence-corrected chi connectivity index (χ1v) is 19.6. The van der Waals surface area contributed by atoms with Crippen molar-refractivity contribution in [1.82, 2.24) is 10.0 Å². The van der Waals surface area contributed by atoms with Crippen molar-refractivity contribution >= 4 is 46.6 Å². The quantitative estimate of drug-likeness (QED) is 0.132. The molecule has 4 aromatic carbocycles. The van der Waals surface area contributed by atoms with Gasteiger partial charge in [-0.3, -0.25) is 9.59 Å². The third-order valence-electron chi connectivity index (χ3n) is 10.0. The highest BCUT2D eigenvalue weighted by Gasteiger charge is 2.46. The molecule has 0 aromatic heterocycles. The van der Waals surface area contributed by atoms with Gasteiger partial charge in [0.1, 0.15) is 22.7 Å². The highest BCUT2D eigenvalue weighted by Crippen LogP contribution is 2.39. The normalized spacial score (nSPS) is 21.7. The number of hydrazine groups is 1. The number of hydrogen-bond donors (Lipinski definition) is 3. The number of para-hydroxylation sites is 1. The summed E-state index contributed by atoms with van der Waals surface area (Å²) in [5.41, 5.74) is -2.66. The lowest BCUT2D eigenvalue weighted by molar-refractivity contribution is -0.275. The maximum absolute atomic E-state index is 14.9. The molecule has 2 aliphatic rings. The molecular formula is C44H38Cl3F3N2O6. The van der Waals surface area contributed by atoms with E-state index < -0.39 is 59.4 Å². The van der Waals surface area contributed by atoms with Gasteiger partial charge in [-0.2, -0.15) is 0 Å². The number of hydrogen-bond acceptors (Lipinski definition) is 6. The first-order chi connectivity index (χ1) is 27.5. The van der Waals surface area contributed by atoms with E-state index in [-0.39, 0.29) is 54.7 Å². The number of ether oxygens (including phenoxy) is 1. The summed E-state index contributed by atoms with van der Waals surface area (Å²) in [7, 11) is 0. The first-order valence-electron chi connectivity index (χ1n) is 18.5. The van der Waals surface area contributed by atoms with Crippen LogP contribution in [0.4, 0.5) is 13.2 Å². The van der Waals surface area contributed by atoms with E-state index in [9.17, 15) is 38.1 Å². The van der Waals surface area contributed by atoms with Crippen LogP contribution in [0.5, 0.6) is 11.5 Å². The standard InChI is InChI=1S/C44H38Cl3F3N2O6/c45-32-10-3-7-29(23-32)17-21-42(56)19-5-12-35(27-42)51(40(54)25-31-9-1-2-14-39(31)58-44(48,49)50)52(41(55)37-26-34(47)15-16-38(37)53)36-13-6-20-43(57,28-36)22-18-30-8-4-11-33(46)24-30/h1-4,7-11,14-16,23-24,26,35-36,53,56-57H,5-6,12-13,19-20,25,27-28H2/t35-,36-,42+,43+/m0/s1. The summed E-state index contributed by atoms with van der Waals surface area (Å²) in [6, 6.07) is 20.6. The Bertz CT molecular complexity index is 2300. The number of halogens is 6. The van der Waals surface area contributed by atoms with E-state index in [0.29, 0.717) is 34.0 Å². The summed E-state index contributed by atoms with van der Waals surface area (Å²) in [6.45, 7) is 0. The van der Waals surface area contributed by atoms with Gasteiger partial charge in [0, 0.05) is 44.6 Å². The number of carbonyl (C=O) groups excluding carboxylic acids is 2. The molecule has 0 aliphatic heterocycles. The van der Waals surface area contributed by atoms with Crippen LogP contribution in [0.25, 0.3) is 0 Å². The van der Waals surface area contributed by atoms with Gasteiger partial charge in [0.05, 0.1) is 24.1 Å². The van der Waals surface area contributed by atoms with Crippen molar-refractivity contribution in [2.75, 3.05) is 0 Å². The van der Waals surface area contributed by atoms with Gasteiger partial charge >= 0.3 is 6.36 Å². The molecule has 0 saturated heterocycles. The van der Waals surface area contributed by atoms with Gasteiger partial charge in [-0.25, -0.2) is 10.0 Å². The first kappa shape index (κ1) is 42.7. The second-order valence-electron chi connectivity index (χ2n) is 14.5. The molecule has 0 heterocycles. The maximum atomic E-state index is 14.9. The molecule has 0 radical (unpaired) electrons. The van der Waals surface area contributed by atoms with Gasteiger partial charge in [-0.1, -0.05) is 88.8 Å². The van der Waals surface area contributed by atoms with Crippen LogP contribution in [0, 0.1) is 23.7 Å². The molecule has 58 heavy (non-hydrogen) atoms. The van der Waals surface area contributed by atoms with E-state index in [1.165, 1.54) is 36.4 Å². The molecular weight excluding hydrogens is 816 g/mol. The average molecular weight is 854 g/mol. The molecule has 0 unspecified atom stereocenters. The minimum Gasteiger partial charge on any atom is -0.507 e. The van der Waals surface area contributed by atoms with Gasteiger partial charge in [-0.15, -0.1) is 13.2 Å².